The number of ether oxygens (including phenoxy) is 3. The van der Waals surface area contributed by atoms with E-state index < -0.39 is 0 Å². The second-order valence-corrected chi connectivity index (χ2v) is 5.20. The van der Waals surface area contributed by atoms with Crippen LogP contribution in [0.15, 0.2) is 18.2 Å². The van der Waals surface area contributed by atoms with E-state index in [1.807, 2.05) is 0 Å². The number of unbranched alkanes of at least 4 members (excludes halogenated alkanes) is 5. The van der Waals surface area contributed by atoms with Crippen molar-refractivity contribution in [2.45, 2.75) is 52.4 Å². The predicted molar refractivity (Wildman–Crippen MR) is 87.8 cm³/mol. The maximum Gasteiger partial charge on any atom is 0.338 e. The van der Waals surface area contributed by atoms with Gasteiger partial charge in [-0.15, -0.1) is 0 Å². The van der Waals surface area contributed by atoms with Crippen molar-refractivity contribution < 1.29 is 19.0 Å². The van der Waals surface area contributed by atoms with E-state index in [-0.39, 0.29) is 5.97 Å². The molecular weight excluding hydrogens is 280 g/mol. The highest BCUT2D eigenvalue weighted by atomic mass is 16.5. The van der Waals surface area contributed by atoms with Gasteiger partial charge in [-0.05, 0) is 31.5 Å². The SMILES string of the molecule is CCCCCCCCOc1ccc(C(=O)OCC)cc1OC. The number of hydrogen-bond donors (Lipinski definition) is 0. The smallest absolute Gasteiger partial charge is 0.338 e. The van der Waals surface area contributed by atoms with Gasteiger partial charge in [-0.25, -0.2) is 4.79 Å². The maximum absolute atomic E-state index is 11.7. The van der Waals surface area contributed by atoms with Gasteiger partial charge in [-0.2, -0.15) is 0 Å². The molecule has 0 radical (unpaired) electrons. The van der Waals surface area contributed by atoms with Gasteiger partial charge in [0.05, 0.1) is 25.9 Å². The summed E-state index contributed by atoms with van der Waals surface area (Å²) in [5.41, 5.74) is 0.477. The third-order valence-corrected chi connectivity index (χ3v) is 3.43. The van der Waals surface area contributed by atoms with E-state index in [9.17, 15) is 4.79 Å². The Kier molecular flexibility index (Phi) is 9.12. The van der Waals surface area contributed by atoms with Gasteiger partial charge >= 0.3 is 5.97 Å². The summed E-state index contributed by atoms with van der Waals surface area (Å²) >= 11 is 0. The van der Waals surface area contributed by atoms with Crippen molar-refractivity contribution in [3.63, 3.8) is 0 Å². The number of benzene rings is 1. The lowest BCUT2D eigenvalue weighted by Gasteiger charge is -2.12. The Labute approximate surface area is 133 Å². The molecule has 0 spiro atoms. The summed E-state index contributed by atoms with van der Waals surface area (Å²) in [6, 6.07) is 5.13. The number of rotatable bonds is 11. The van der Waals surface area contributed by atoms with Gasteiger partial charge in [-0.3, -0.25) is 0 Å². The number of methoxy groups -OCH3 is 1. The van der Waals surface area contributed by atoms with Crippen molar-refractivity contribution in [1.82, 2.24) is 0 Å². The number of esters is 1. The minimum Gasteiger partial charge on any atom is -0.493 e. The molecule has 0 aliphatic heterocycles. The molecule has 0 amide bonds. The lowest BCUT2D eigenvalue weighted by atomic mass is 10.1. The second-order valence-electron chi connectivity index (χ2n) is 5.20. The highest BCUT2D eigenvalue weighted by Crippen LogP contribution is 2.28. The van der Waals surface area contributed by atoms with Crippen LogP contribution in [0.4, 0.5) is 0 Å². The highest BCUT2D eigenvalue weighted by molar-refractivity contribution is 5.90. The fourth-order valence-corrected chi connectivity index (χ4v) is 2.19. The van der Waals surface area contributed by atoms with Crippen LogP contribution in [0.1, 0.15) is 62.7 Å². The molecular formula is C18H28O4. The minimum atomic E-state index is -0.344. The Morgan fingerprint density at radius 2 is 1.73 bits per heavy atom. The van der Waals surface area contributed by atoms with E-state index in [4.69, 9.17) is 14.2 Å². The van der Waals surface area contributed by atoms with E-state index in [1.165, 1.54) is 32.1 Å². The van der Waals surface area contributed by atoms with E-state index in [1.54, 1.807) is 32.2 Å². The van der Waals surface area contributed by atoms with Crippen LogP contribution in [0, 0.1) is 0 Å². The molecule has 1 aromatic rings. The van der Waals surface area contributed by atoms with Crippen molar-refractivity contribution in [2.75, 3.05) is 20.3 Å². The van der Waals surface area contributed by atoms with Crippen LogP contribution in [-0.4, -0.2) is 26.3 Å². The molecule has 0 saturated carbocycles. The van der Waals surface area contributed by atoms with Crippen molar-refractivity contribution in [1.29, 1.82) is 0 Å². The lowest BCUT2D eigenvalue weighted by Crippen LogP contribution is -2.06. The highest BCUT2D eigenvalue weighted by Gasteiger charge is 2.11. The van der Waals surface area contributed by atoms with Crippen molar-refractivity contribution >= 4 is 5.97 Å². The summed E-state index contributed by atoms with van der Waals surface area (Å²) in [5, 5.41) is 0. The molecule has 0 bridgehead atoms. The molecule has 0 N–H and O–H groups in total. The molecule has 4 nitrogen and oxygen atoms in total. The summed E-state index contributed by atoms with van der Waals surface area (Å²) < 4.78 is 16.0. The number of carbonyl (C=O) groups excluding carboxylic acids is 1. The molecule has 0 aromatic heterocycles. The Morgan fingerprint density at radius 3 is 2.41 bits per heavy atom. The first kappa shape index (κ1) is 18.3. The van der Waals surface area contributed by atoms with E-state index >= 15 is 0 Å². The molecule has 124 valence electrons. The van der Waals surface area contributed by atoms with Crippen LogP contribution in [0.3, 0.4) is 0 Å². The van der Waals surface area contributed by atoms with Gasteiger partial charge in [0, 0.05) is 0 Å². The first-order valence-electron chi connectivity index (χ1n) is 8.20. The van der Waals surface area contributed by atoms with E-state index in [0.717, 1.165) is 6.42 Å². The summed E-state index contributed by atoms with van der Waals surface area (Å²) in [6.45, 7) is 5.03. The molecule has 4 heteroatoms. The Morgan fingerprint density at radius 1 is 1.00 bits per heavy atom. The summed E-state index contributed by atoms with van der Waals surface area (Å²) in [7, 11) is 1.57. The molecule has 0 heterocycles. The van der Waals surface area contributed by atoms with Crippen LogP contribution in [0.2, 0.25) is 0 Å². The lowest BCUT2D eigenvalue weighted by molar-refractivity contribution is 0.0526. The van der Waals surface area contributed by atoms with Crippen LogP contribution < -0.4 is 9.47 Å². The number of carbonyl (C=O) groups is 1. The fraction of sp³-hybridized carbons (Fsp3) is 0.611. The summed E-state index contributed by atoms with van der Waals surface area (Å²) in [5.74, 6) is 0.893. The third kappa shape index (κ3) is 6.37. The molecule has 1 aromatic carbocycles. The first-order chi connectivity index (χ1) is 10.7. The molecule has 0 saturated heterocycles. The van der Waals surface area contributed by atoms with Crippen LogP contribution in [0.5, 0.6) is 11.5 Å². The van der Waals surface area contributed by atoms with Crippen LogP contribution >= 0.6 is 0 Å². The molecule has 0 aliphatic carbocycles. The summed E-state index contributed by atoms with van der Waals surface area (Å²) in [6.07, 6.45) is 7.35. The molecule has 1 rings (SSSR count). The number of hydrogen-bond acceptors (Lipinski definition) is 4. The topological polar surface area (TPSA) is 44.8 Å². The van der Waals surface area contributed by atoms with Gasteiger partial charge in [0.15, 0.2) is 11.5 Å². The zero-order valence-corrected chi connectivity index (χ0v) is 14.0. The van der Waals surface area contributed by atoms with Gasteiger partial charge in [0.25, 0.3) is 0 Å². The third-order valence-electron chi connectivity index (χ3n) is 3.43. The van der Waals surface area contributed by atoms with Crippen LogP contribution in [0.25, 0.3) is 0 Å². The van der Waals surface area contributed by atoms with Gasteiger partial charge in [0.1, 0.15) is 0 Å². The standard InChI is InChI=1S/C18H28O4/c1-4-6-7-8-9-10-13-22-16-12-11-15(14-17(16)20-3)18(19)21-5-2/h11-12,14H,4-10,13H2,1-3H3. The average molecular weight is 308 g/mol. The van der Waals surface area contributed by atoms with Gasteiger partial charge in [0.2, 0.25) is 0 Å². The maximum atomic E-state index is 11.7. The Hall–Kier alpha value is -1.71. The molecule has 0 fully saturated rings. The van der Waals surface area contributed by atoms with Gasteiger partial charge < -0.3 is 14.2 Å². The van der Waals surface area contributed by atoms with Crippen molar-refractivity contribution in [3.05, 3.63) is 23.8 Å². The summed E-state index contributed by atoms with van der Waals surface area (Å²) in [4.78, 5) is 11.7. The molecule has 0 atom stereocenters. The zero-order chi connectivity index (χ0) is 16.2. The first-order valence-corrected chi connectivity index (χ1v) is 8.20. The van der Waals surface area contributed by atoms with E-state index in [2.05, 4.69) is 6.92 Å². The van der Waals surface area contributed by atoms with Crippen LogP contribution in [-0.2, 0) is 4.74 Å². The quantitative estimate of drug-likeness (QED) is 0.442. The van der Waals surface area contributed by atoms with Gasteiger partial charge in [-0.1, -0.05) is 39.0 Å². The average Bonchev–Trinajstić information content (AvgIpc) is 2.54. The molecule has 22 heavy (non-hydrogen) atoms. The second kappa shape index (κ2) is 10.9. The monoisotopic (exact) mass is 308 g/mol. The largest absolute Gasteiger partial charge is 0.493 e. The normalized spacial score (nSPS) is 10.3. The molecule has 0 unspecified atom stereocenters. The molecule has 0 aliphatic rings. The Bertz CT molecular complexity index is 443. The Balaban J connectivity index is 2.44. The minimum absolute atomic E-state index is 0.344. The fourth-order valence-electron chi connectivity index (χ4n) is 2.19. The predicted octanol–water partition coefficient (Wildman–Crippen LogP) is 4.61. The van der Waals surface area contributed by atoms with Crippen molar-refractivity contribution in [3.8, 4) is 11.5 Å². The zero-order valence-electron chi connectivity index (χ0n) is 14.0. The van der Waals surface area contributed by atoms with Crippen molar-refractivity contribution in [2.24, 2.45) is 0 Å². The van der Waals surface area contributed by atoms with E-state index in [0.29, 0.717) is 30.3 Å².